The van der Waals surface area contributed by atoms with Crippen molar-refractivity contribution in [3.05, 3.63) is 76.6 Å². The number of rotatable bonds is 6. The summed E-state index contributed by atoms with van der Waals surface area (Å²) in [7, 11) is 0. The van der Waals surface area contributed by atoms with Crippen LogP contribution in [0.3, 0.4) is 0 Å². The van der Waals surface area contributed by atoms with Crippen molar-refractivity contribution in [3.8, 4) is 5.75 Å². The zero-order chi connectivity index (χ0) is 17.8. The Kier molecular flexibility index (Phi) is 4.93. The van der Waals surface area contributed by atoms with E-state index >= 15 is 0 Å². The first kappa shape index (κ1) is 16.9. The van der Waals surface area contributed by atoms with E-state index in [2.05, 4.69) is 5.32 Å². The highest BCUT2D eigenvalue weighted by molar-refractivity contribution is 5.91. The summed E-state index contributed by atoms with van der Waals surface area (Å²) in [5, 5.41) is 2.77. The van der Waals surface area contributed by atoms with Gasteiger partial charge in [-0.1, -0.05) is 12.1 Å². The molecule has 1 N–H and O–H groups in total. The Morgan fingerprint density at radius 3 is 2.56 bits per heavy atom. The fourth-order valence-corrected chi connectivity index (χ4v) is 2.42. The van der Waals surface area contributed by atoms with Gasteiger partial charge in [-0.05, 0) is 62.2 Å². The highest BCUT2D eigenvalue weighted by Gasteiger charge is 2.12. The molecule has 5 nitrogen and oxygen atoms in total. The summed E-state index contributed by atoms with van der Waals surface area (Å²) in [6.07, 6.45) is 0. The number of benzene rings is 1. The van der Waals surface area contributed by atoms with Gasteiger partial charge >= 0.3 is 0 Å². The van der Waals surface area contributed by atoms with E-state index in [1.54, 1.807) is 12.1 Å². The maximum atomic E-state index is 12.1. The van der Waals surface area contributed by atoms with Crippen molar-refractivity contribution < 1.29 is 18.4 Å². The first-order chi connectivity index (χ1) is 12.0. The van der Waals surface area contributed by atoms with E-state index in [-0.39, 0.29) is 18.3 Å². The fraction of sp³-hybridized carbons (Fsp3) is 0.250. The third kappa shape index (κ3) is 4.32. The predicted octanol–water partition coefficient (Wildman–Crippen LogP) is 4.31. The Morgan fingerprint density at radius 1 is 1.00 bits per heavy atom. The highest BCUT2D eigenvalue weighted by atomic mass is 16.5. The second kappa shape index (κ2) is 7.30. The van der Waals surface area contributed by atoms with Crippen molar-refractivity contribution in [2.45, 2.75) is 33.9 Å². The van der Waals surface area contributed by atoms with Crippen LogP contribution in [0.2, 0.25) is 0 Å². The number of hydrogen-bond donors (Lipinski definition) is 1. The maximum absolute atomic E-state index is 12.1. The average Bonchev–Trinajstić information content (AvgIpc) is 3.22. The molecule has 0 bridgehead atoms. The van der Waals surface area contributed by atoms with Crippen LogP contribution in [0.25, 0.3) is 0 Å². The van der Waals surface area contributed by atoms with E-state index in [0.29, 0.717) is 18.1 Å². The van der Waals surface area contributed by atoms with Gasteiger partial charge in [0.25, 0.3) is 5.91 Å². The fourth-order valence-electron chi connectivity index (χ4n) is 2.42. The molecule has 5 heteroatoms. The summed E-state index contributed by atoms with van der Waals surface area (Å²) in [6.45, 7) is 6.46. The molecular formula is C20H21NO4. The molecule has 0 radical (unpaired) electrons. The molecule has 0 aliphatic rings. The predicted molar refractivity (Wildman–Crippen MR) is 93.6 cm³/mol. The SMILES string of the molecule is Cc1ccc(C)c(OCc2ccc(C(=O)NCc3ccc(C)o3)o2)c1. The molecule has 0 saturated heterocycles. The summed E-state index contributed by atoms with van der Waals surface area (Å²) in [5.74, 6) is 2.90. The molecule has 0 unspecified atom stereocenters. The molecule has 0 atom stereocenters. The lowest BCUT2D eigenvalue weighted by atomic mass is 10.1. The largest absolute Gasteiger partial charge is 0.485 e. The summed E-state index contributed by atoms with van der Waals surface area (Å²) < 4.78 is 16.8. The summed E-state index contributed by atoms with van der Waals surface area (Å²) >= 11 is 0. The van der Waals surface area contributed by atoms with Gasteiger partial charge < -0.3 is 18.9 Å². The summed E-state index contributed by atoms with van der Waals surface area (Å²) in [4.78, 5) is 12.1. The molecule has 130 valence electrons. The van der Waals surface area contributed by atoms with Gasteiger partial charge in [-0.25, -0.2) is 0 Å². The molecule has 0 spiro atoms. The van der Waals surface area contributed by atoms with Gasteiger partial charge in [0.15, 0.2) is 5.76 Å². The van der Waals surface area contributed by atoms with Crippen LogP contribution in [0, 0.1) is 20.8 Å². The van der Waals surface area contributed by atoms with Crippen molar-refractivity contribution in [1.29, 1.82) is 0 Å². The number of hydrogen-bond acceptors (Lipinski definition) is 4. The molecule has 0 saturated carbocycles. The average molecular weight is 339 g/mol. The molecule has 3 aromatic rings. The van der Waals surface area contributed by atoms with E-state index in [1.165, 1.54) is 0 Å². The second-order valence-electron chi connectivity index (χ2n) is 6.02. The zero-order valence-electron chi connectivity index (χ0n) is 14.6. The summed E-state index contributed by atoms with van der Waals surface area (Å²) in [5.41, 5.74) is 2.19. The Balaban J connectivity index is 1.56. The first-order valence-electron chi connectivity index (χ1n) is 8.13. The molecule has 0 fully saturated rings. The van der Waals surface area contributed by atoms with Gasteiger partial charge in [0.2, 0.25) is 0 Å². The third-order valence-corrected chi connectivity index (χ3v) is 3.82. The Morgan fingerprint density at radius 2 is 1.80 bits per heavy atom. The normalized spacial score (nSPS) is 10.7. The van der Waals surface area contributed by atoms with Crippen molar-refractivity contribution in [1.82, 2.24) is 5.32 Å². The topological polar surface area (TPSA) is 64.6 Å². The molecular weight excluding hydrogens is 318 g/mol. The summed E-state index contributed by atoms with van der Waals surface area (Å²) in [6, 6.07) is 13.1. The lowest BCUT2D eigenvalue weighted by Crippen LogP contribution is -2.21. The smallest absolute Gasteiger partial charge is 0.287 e. The quantitative estimate of drug-likeness (QED) is 0.727. The molecule has 1 aromatic carbocycles. The number of carbonyl (C=O) groups excluding carboxylic acids is 1. The number of furan rings is 2. The number of amides is 1. The number of carbonyl (C=O) groups is 1. The third-order valence-electron chi connectivity index (χ3n) is 3.82. The number of nitrogens with one attached hydrogen (secondary N) is 1. The highest BCUT2D eigenvalue weighted by Crippen LogP contribution is 2.21. The standard InChI is InChI=1S/C20H21NO4/c1-13-4-5-14(2)19(10-13)23-12-17-8-9-18(25-17)20(22)21-11-16-7-6-15(3)24-16/h4-10H,11-12H2,1-3H3,(H,21,22). The minimum atomic E-state index is -0.285. The molecule has 2 heterocycles. The van der Waals surface area contributed by atoms with Crippen LogP contribution >= 0.6 is 0 Å². The van der Waals surface area contributed by atoms with Crippen LogP contribution < -0.4 is 10.1 Å². The van der Waals surface area contributed by atoms with Crippen LogP contribution in [0.1, 0.15) is 39.0 Å². The van der Waals surface area contributed by atoms with E-state index in [1.807, 2.05) is 51.1 Å². The van der Waals surface area contributed by atoms with Crippen molar-refractivity contribution in [2.75, 3.05) is 0 Å². The second-order valence-corrected chi connectivity index (χ2v) is 6.02. The molecule has 25 heavy (non-hydrogen) atoms. The van der Waals surface area contributed by atoms with Gasteiger partial charge in [-0.3, -0.25) is 4.79 Å². The monoisotopic (exact) mass is 339 g/mol. The number of ether oxygens (including phenoxy) is 1. The van der Waals surface area contributed by atoms with Crippen molar-refractivity contribution in [2.24, 2.45) is 0 Å². The van der Waals surface area contributed by atoms with Crippen LogP contribution in [0.4, 0.5) is 0 Å². The lowest BCUT2D eigenvalue weighted by Gasteiger charge is -2.08. The van der Waals surface area contributed by atoms with Gasteiger partial charge in [0.05, 0.1) is 6.54 Å². The molecule has 1 amide bonds. The van der Waals surface area contributed by atoms with Gasteiger partial charge in [0, 0.05) is 0 Å². The van der Waals surface area contributed by atoms with Gasteiger partial charge in [0.1, 0.15) is 29.6 Å². The van der Waals surface area contributed by atoms with Crippen LogP contribution in [0.15, 0.2) is 51.3 Å². The molecule has 0 aliphatic heterocycles. The van der Waals surface area contributed by atoms with Crippen LogP contribution in [-0.2, 0) is 13.2 Å². The maximum Gasteiger partial charge on any atom is 0.287 e. The van der Waals surface area contributed by atoms with E-state index in [9.17, 15) is 4.79 Å². The van der Waals surface area contributed by atoms with Crippen molar-refractivity contribution in [3.63, 3.8) is 0 Å². The van der Waals surface area contributed by atoms with Crippen LogP contribution in [0.5, 0.6) is 5.75 Å². The minimum Gasteiger partial charge on any atom is -0.485 e. The number of aryl methyl sites for hydroxylation is 3. The Bertz CT molecular complexity index is 875. The Labute approximate surface area is 146 Å². The lowest BCUT2D eigenvalue weighted by molar-refractivity contribution is 0.0916. The van der Waals surface area contributed by atoms with Gasteiger partial charge in [-0.2, -0.15) is 0 Å². The zero-order valence-corrected chi connectivity index (χ0v) is 14.6. The van der Waals surface area contributed by atoms with Crippen molar-refractivity contribution >= 4 is 5.91 Å². The molecule has 0 aliphatic carbocycles. The van der Waals surface area contributed by atoms with E-state index in [4.69, 9.17) is 13.6 Å². The molecule has 2 aromatic heterocycles. The molecule has 3 rings (SSSR count). The van der Waals surface area contributed by atoms with Gasteiger partial charge in [-0.15, -0.1) is 0 Å². The van der Waals surface area contributed by atoms with E-state index < -0.39 is 0 Å². The Hall–Kier alpha value is -2.95. The van der Waals surface area contributed by atoms with E-state index in [0.717, 1.165) is 22.6 Å². The van der Waals surface area contributed by atoms with Crippen LogP contribution in [-0.4, -0.2) is 5.91 Å². The first-order valence-corrected chi connectivity index (χ1v) is 8.13. The minimum absolute atomic E-state index is 0.253.